The number of likely N-dealkylation sites (tertiary alicyclic amines) is 1. The molecule has 3 heterocycles. The third kappa shape index (κ3) is 3.73. The molecule has 1 atom stereocenters. The third-order valence-corrected chi connectivity index (χ3v) is 6.37. The summed E-state index contributed by atoms with van der Waals surface area (Å²) in [5.74, 6) is 1.05. The van der Waals surface area contributed by atoms with Crippen LogP contribution in [0, 0.1) is 6.92 Å². The Hall–Kier alpha value is -1.93. The van der Waals surface area contributed by atoms with E-state index in [1.165, 1.54) is 16.0 Å². The molecule has 2 aliphatic rings. The number of piperidine rings is 1. The third-order valence-electron chi connectivity index (χ3n) is 5.33. The second-order valence-corrected chi connectivity index (χ2v) is 8.45. The second-order valence-electron chi connectivity index (χ2n) is 7.54. The number of methoxy groups -OCH3 is 1. The maximum absolute atomic E-state index is 12.9. The van der Waals surface area contributed by atoms with Crippen LogP contribution in [0.1, 0.15) is 58.7 Å². The van der Waals surface area contributed by atoms with Crippen molar-refractivity contribution in [3.8, 4) is 0 Å². The molecule has 27 heavy (non-hydrogen) atoms. The number of carbonyl (C=O) groups excluding carboxylic acids is 1. The zero-order valence-electron chi connectivity index (χ0n) is 15.9. The first kappa shape index (κ1) is 18.4. The summed E-state index contributed by atoms with van der Waals surface area (Å²) in [5.41, 5.74) is 1.08. The number of thiophene rings is 1. The SMILES string of the molecule is COCCn1nc(C2CCCN(C(=O)c3cc(C)cs3)C2)n(C2CC2)c1=O. The Morgan fingerprint density at radius 2 is 2.19 bits per heavy atom. The largest absolute Gasteiger partial charge is 0.383 e. The predicted octanol–water partition coefficient (Wildman–Crippen LogP) is 2.42. The highest BCUT2D eigenvalue weighted by Gasteiger charge is 2.35. The van der Waals surface area contributed by atoms with E-state index in [2.05, 4.69) is 5.10 Å². The van der Waals surface area contributed by atoms with Crippen molar-refractivity contribution in [2.45, 2.75) is 51.1 Å². The van der Waals surface area contributed by atoms with Crippen LogP contribution in [0.4, 0.5) is 0 Å². The van der Waals surface area contributed by atoms with E-state index in [9.17, 15) is 9.59 Å². The van der Waals surface area contributed by atoms with Crippen molar-refractivity contribution >= 4 is 17.2 Å². The van der Waals surface area contributed by atoms with Gasteiger partial charge in [0, 0.05) is 32.2 Å². The number of amides is 1. The minimum atomic E-state index is -0.0399. The van der Waals surface area contributed by atoms with Gasteiger partial charge in [-0.2, -0.15) is 5.10 Å². The van der Waals surface area contributed by atoms with Crippen molar-refractivity contribution in [2.24, 2.45) is 0 Å². The average molecular weight is 391 g/mol. The van der Waals surface area contributed by atoms with E-state index in [4.69, 9.17) is 4.74 Å². The lowest BCUT2D eigenvalue weighted by Crippen LogP contribution is -2.39. The van der Waals surface area contributed by atoms with E-state index in [1.807, 2.05) is 27.8 Å². The highest BCUT2D eigenvalue weighted by atomic mass is 32.1. The van der Waals surface area contributed by atoms with Gasteiger partial charge in [0.25, 0.3) is 5.91 Å². The fraction of sp³-hybridized carbons (Fsp3) is 0.632. The van der Waals surface area contributed by atoms with Crippen molar-refractivity contribution in [1.29, 1.82) is 0 Å². The molecular weight excluding hydrogens is 364 g/mol. The van der Waals surface area contributed by atoms with Crippen LogP contribution in [0.15, 0.2) is 16.2 Å². The molecule has 0 bridgehead atoms. The van der Waals surface area contributed by atoms with Crippen LogP contribution in [-0.4, -0.2) is 52.0 Å². The van der Waals surface area contributed by atoms with Crippen molar-refractivity contribution in [3.63, 3.8) is 0 Å². The number of hydrogen-bond acceptors (Lipinski definition) is 5. The van der Waals surface area contributed by atoms with Crippen molar-refractivity contribution in [1.82, 2.24) is 19.2 Å². The lowest BCUT2D eigenvalue weighted by molar-refractivity contribution is 0.0708. The monoisotopic (exact) mass is 390 g/mol. The molecule has 2 aromatic rings. The molecule has 146 valence electrons. The maximum atomic E-state index is 12.9. The molecule has 0 spiro atoms. The Morgan fingerprint density at radius 3 is 2.85 bits per heavy atom. The first-order chi connectivity index (χ1) is 13.1. The van der Waals surface area contributed by atoms with Gasteiger partial charge >= 0.3 is 5.69 Å². The summed E-state index contributed by atoms with van der Waals surface area (Å²) in [6.07, 6.45) is 3.96. The Labute approximate surface area is 162 Å². The molecule has 2 fully saturated rings. The Bertz CT molecular complexity index is 880. The molecule has 0 aromatic carbocycles. The molecule has 8 heteroatoms. The summed E-state index contributed by atoms with van der Waals surface area (Å²) in [6, 6.07) is 2.23. The van der Waals surface area contributed by atoms with Crippen molar-refractivity contribution in [3.05, 3.63) is 38.2 Å². The fourth-order valence-electron chi connectivity index (χ4n) is 3.79. The zero-order valence-corrected chi connectivity index (χ0v) is 16.7. The van der Waals surface area contributed by atoms with Gasteiger partial charge in [-0.1, -0.05) is 0 Å². The molecule has 0 N–H and O–H groups in total. The molecule has 1 unspecified atom stereocenters. The standard InChI is InChI=1S/C19H26N4O3S/c1-13-10-16(27-12-13)18(24)21-7-3-4-14(11-21)17-20-22(8-9-26-2)19(25)23(17)15-5-6-15/h10,12,14-15H,3-9,11H2,1-2H3. The van der Waals surface area contributed by atoms with Gasteiger partial charge in [0.2, 0.25) is 0 Å². The van der Waals surface area contributed by atoms with Crippen LogP contribution in [0.2, 0.25) is 0 Å². The summed E-state index contributed by atoms with van der Waals surface area (Å²) in [6.45, 7) is 4.33. The van der Waals surface area contributed by atoms with Crippen LogP contribution < -0.4 is 5.69 Å². The first-order valence-electron chi connectivity index (χ1n) is 9.61. The highest BCUT2D eigenvalue weighted by molar-refractivity contribution is 7.12. The van der Waals surface area contributed by atoms with Crippen molar-refractivity contribution < 1.29 is 9.53 Å². The van der Waals surface area contributed by atoms with E-state index < -0.39 is 0 Å². The van der Waals surface area contributed by atoms with Crippen LogP contribution in [0.5, 0.6) is 0 Å². The van der Waals surface area contributed by atoms with Gasteiger partial charge in [0.15, 0.2) is 0 Å². The Morgan fingerprint density at radius 1 is 1.37 bits per heavy atom. The van der Waals surface area contributed by atoms with E-state index in [-0.39, 0.29) is 23.6 Å². The Kier molecular flexibility index (Phi) is 5.19. The number of aromatic nitrogens is 3. The predicted molar refractivity (Wildman–Crippen MR) is 104 cm³/mol. The number of carbonyl (C=O) groups is 1. The molecule has 1 amide bonds. The van der Waals surface area contributed by atoms with Crippen LogP contribution >= 0.6 is 11.3 Å². The van der Waals surface area contributed by atoms with E-state index in [0.717, 1.165) is 48.5 Å². The molecule has 4 rings (SSSR count). The summed E-state index contributed by atoms with van der Waals surface area (Å²) in [7, 11) is 1.63. The normalized spacial score (nSPS) is 20.2. The number of hydrogen-bond donors (Lipinski definition) is 0. The zero-order chi connectivity index (χ0) is 19.0. The topological polar surface area (TPSA) is 69.4 Å². The van der Waals surface area contributed by atoms with Gasteiger partial charge in [0.05, 0.1) is 18.0 Å². The number of rotatable bonds is 6. The van der Waals surface area contributed by atoms with Gasteiger partial charge in [-0.15, -0.1) is 11.3 Å². The minimum absolute atomic E-state index is 0.0399. The number of ether oxygens (including phenoxy) is 1. The molecule has 0 radical (unpaired) electrons. The summed E-state index contributed by atoms with van der Waals surface area (Å²) < 4.78 is 8.52. The van der Waals surface area contributed by atoms with Crippen LogP contribution in [0.3, 0.4) is 0 Å². The number of nitrogens with zero attached hydrogens (tertiary/aromatic N) is 4. The molecule has 1 saturated heterocycles. The number of aryl methyl sites for hydroxylation is 1. The minimum Gasteiger partial charge on any atom is -0.383 e. The molecule has 2 aromatic heterocycles. The van der Waals surface area contributed by atoms with Crippen LogP contribution in [0.25, 0.3) is 0 Å². The van der Waals surface area contributed by atoms with Gasteiger partial charge in [0.1, 0.15) is 5.82 Å². The molecular formula is C19H26N4O3S. The van der Waals surface area contributed by atoms with Gasteiger partial charge in [-0.05, 0) is 49.6 Å². The van der Waals surface area contributed by atoms with E-state index in [1.54, 1.807) is 7.11 Å². The fourth-order valence-corrected chi connectivity index (χ4v) is 4.65. The van der Waals surface area contributed by atoms with Gasteiger partial charge < -0.3 is 9.64 Å². The first-order valence-corrected chi connectivity index (χ1v) is 10.5. The quantitative estimate of drug-likeness (QED) is 0.760. The molecule has 1 saturated carbocycles. The average Bonchev–Trinajstić information content (AvgIpc) is 3.33. The molecule has 7 nitrogen and oxygen atoms in total. The summed E-state index contributed by atoms with van der Waals surface area (Å²) in [5, 5.41) is 6.67. The van der Waals surface area contributed by atoms with Gasteiger partial charge in [-0.25, -0.2) is 9.48 Å². The molecule has 1 aliphatic carbocycles. The second kappa shape index (κ2) is 7.59. The van der Waals surface area contributed by atoms with Crippen molar-refractivity contribution in [2.75, 3.05) is 26.8 Å². The summed E-state index contributed by atoms with van der Waals surface area (Å²) in [4.78, 5) is 28.4. The van der Waals surface area contributed by atoms with Gasteiger partial charge in [-0.3, -0.25) is 9.36 Å². The van der Waals surface area contributed by atoms with E-state index >= 15 is 0 Å². The van der Waals surface area contributed by atoms with E-state index in [0.29, 0.717) is 19.7 Å². The smallest absolute Gasteiger partial charge is 0.346 e. The van der Waals surface area contributed by atoms with Crippen LogP contribution in [-0.2, 0) is 11.3 Å². The molecule has 1 aliphatic heterocycles. The lowest BCUT2D eigenvalue weighted by Gasteiger charge is -2.32. The highest BCUT2D eigenvalue weighted by Crippen LogP contribution is 2.37. The summed E-state index contributed by atoms with van der Waals surface area (Å²) >= 11 is 1.50. The maximum Gasteiger partial charge on any atom is 0.346 e. The Balaban J connectivity index is 1.57. The lowest BCUT2D eigenvalue weighted by atomic mass is 9.97.